The van der Waals surface area contributed by atoms with Crippen LogP contribution in [0.1, 0.15) is 21.5 Å². The summed E-state index contributed by atoms with van der Waals surface area (Å²) in [7, 11) is 4.04. The summed E-state index contributed by atoms with van der Waals surface area (Å²) in [6.07, 6.45) is 0. The number of carbonyl (C=O) groups excluding carboxylic acids is 2. The van der Waals surface area contributed by atoms with Crippen LogP contribution in [-0.2, 0) is 17.9 Å². The van der Waals surface area contributed by atoms with Crippen LogP contribution in [0.5, 0.6) is 0 Å². The van der Waals surface area contributed by atoms with Gasteiger partial charge in [0.25, 0.3) is 5.91 Å². The first-order valence-electron chi connectivity index (χ1n) is 7.97. The van der Waals surface area contributed by atoms with Crippen molar-refractivity contribution in [2.45, 2.75) is 13.1 Å². The minimum absolute atomic E-state index is 0.0945. The highest BCUT2D eigenvalue weighted by atomic mass is 35.5. The molecule has 0 unspecified atom stereocenters. The molecule has 0 spiro atoms. The standard InChI is InChI=1S/C19H22ClN3O2/c1-23(2)13-15-9-7-14(8-10-15)11-21-18(24)12-22-19(25)16-5-3-4-6-17(16)20/h3-10H,11-13H2,1-2H3,(H,21,24)(H,22,25). The quantitative estimate of drug-likeness (QED) is 0.798. The molecule has 2 amide bonds. The molecule has 2 aromatic rings. The van der Waals surface area contributed by atoms with Gasteiger partial charge in [-0.25, -0.2) is 0 Å². The lowest BCUT2D eigenvalue weighted by Gasteiger charge is -2.11. The van der Waals surface area contributed by atoms with Gasteiger partial charge in [-0.15, -0.1) is 0 Å². The molecule has 0 aliphatic rings. The second-order valence-electron chi connectivity index (χ2n) is 5.99. The van der Waals surface area contributed by atoms with Crippen LogP contribution in [0.4, 0.5) is 0 Å². The van der Waals surface area contributed by atoms with Gasteiger partial charge in [0, 0.05) is 13.1 Å². The molecule has 6 heteroatoms. The number of hydrogen-bond donors (Lipinski definition) is 2. The number of nitrogens with zero attached hydrogens (tertiary/aromatic N) is 1. The van der Waals surface area contributed by atoms with Crippen LogP contribution in [-0.4, -0.2) is 37.4 Å². The second-order valence-corrected chi connectivity index (χ2v) is 6.40. The Kier molecular flexibility index (Phi) is 6.98. The van der Waals surface area contributed by atoms with E-state index in [0.29, 0.717) is 17.1 Å². The molecule has 0 atom stereocenters. The number of carbonyl (C=O) groups is 2. The molecule has 0 saturated heterocycles. The Bertz CT molecular complexity index is 730. The van der Waals surface area contributed by atoms with Gasteiger partial charge in [-0.3, -0.25) is 9.59 Å². The van der Waals surface area contributed by atoms with Gasteiger partial charge >= 0.3 is 0 Å². The maximum absolute atomic E-state index is 12.0. The summed E-state index contributed by atoms with van der Waals surface area (Å²) in [4.78, 5) is 26.0. The van der Waals surface area contributed by atoms with E-state index in [1.165, 1.54) is 5.56 Å². The van der Waals surface area contributed by atoms with Crippen LogP contribution in [0.2, 0.25) is 5.02 Å². The van der Waals surface area contributed by atoms with Crippen LogP contribution in [0.15, 0.2) is 48.5 Å². The monoisotopic (exact) mass is 359 g/mol. The Morgan fingerprint density at radius 2 is 1.60 bits per heavy atom. The lowest BCUT2D eigenvalue weighted by molar-refractivity contribution is -0.120. The smallest absolute Gasteiger partial charge is 0.253 e. The zero-order valence-electron chi connectivity index (χ0n) is 14.4. The minimum Gasteiger partial charge on any atom is -0.350 e. The molecule has 0 aliphatic carbocycles. The third-order valence-electron chi connectivity index (χ3n) is 3.54. The molecule has 0 aliphatic heterocycles. The van der Waals surface area contributed by atoms with Crippen molar-refractivity contribution in [2.24, 2.45) is 0 Å². The van der Waals surface area contributed by atoms with Crippen molar-refractivity contribution in [3.8, 4) is 0 Å². The molecule has 0 saturated carbocycles. The fourth-order valence-electron chi connectivity index (χ4n) is 2.29. The fraction of sp³-hybridized carbons (Fsp3) is 0.263. The highest BCUT2D eigenvalue weighted by Gasteiger charge is 2.10. The van der Waals surface area contributed by atoms with Crippen molar-refractivity contribution < 1.29 is 9.59 Å². The first-order valence-corrected chi connectivity index (χ1v) is 8.35. The molecular formula is C19H22ClN3O2. The summed E-state index contributed by atoms with van der Waals surface area (Å²) in [6, 6.07) is 14.8. The van der Waals surface area contributed by atoms with E-state index >= 15 is 0 Å². The molecule has 132 valence electrons. The third-order valence-corrected chi connectivity index (χ3v) is 3.87. The van der Waals surface area contributed by atoms with E-state index in [2.05, 4.69) is 15.5 Å². The first kappa shape index (κ1) is 19.0. The molecule has 2 aromatic carbocycles. The number of benzene rings is 2. The molecular weight excluding hydrogens is 338 g/mol. The van der Waals surface area contributed by atoms with Crippen LogP contribution in [0.25, 0.3) is 0 Å². The van der Waals surface area contributed by atoms with Gasteiger partial charge in [-0.05, 0) is 37.4 Å². The van der Waals surface area contributed by atoms with Gasteiger partial charge in [0.2, 0.25) is 5.91 Å². The predicted octanol–water partition coefficient (Wildman–Crippen LogP) is 2.45. The SMILES string of the molecule is CN(C)Cc1ccc(CNC(=O)CNC(=O)c2ccccc2Cl)cc1. The number of hydrogen-bond acceptors (Lipinski definition) is 3. The highest BCUT2D eigenvalue weighted by Crippen LogP contribution is 2.14. The van der Waals surface area contributed by atoms with Crippen molar-refractivity contribution >= 4 is 23.4 Å². The van der Waals surface area contributed by atoms with Gasteiger partial charge in [-0.2, -0.15) is 0 Å². The topological polar surface area (TPSA) is 61.4 Å². The molecule has 0 radical (unpaired) electrons. The van der Waals surface area contributed by atoms with E-state index in [4.69, 9.17) is 11.6 Å². The van der Waals surface area contributed by atoms with E-state index in [0.717, 1.165) is 12.1 Å². The molecule has 0 aromatic heterocycles. The molecule has 2 rings (SSSR count). The Morgan fingerprint density at radius 3 is 2.24 bits per heavy atom. The molecule has 0 fully saturated rings. The average molecular weight is 360 g/mol. The average Bonchev–Trinajstić information content (AvgIpc) is 2.59. The van der Waals surface area contributed by atoms with Crippen molar-refractivity contribution in [3.63, 3.8) is 0 Å². The van der Waals surface area contributed by atoms with Gasteiger partial charge in [0.1, 0.15) is 0 Å². The second kappa shape index (κ2) is 9.20. The predicted molar refractivity (Wildman–Crippen MR) is 99.5 cm³/mol. The Balaban J connectivity index is 1.77. The zero-order chi connectivity index (χ0) is 18.2. The van der Waals surface area contributed by atoms with Crippen molar-refractivity contribution in [1.82, 2.24) is 15.5 Å². The Morgan fingerprint density at radius 1 is 0.960 bits per heavy atom. The summed E-state index contributed by atoms with van der Waals surface area (Å²) in [5.74, 6) is -0.619. The summed E-state index contributed by atoms with van der Waals surface area (Å²) >= 11 is 5.96. The van der Waals surface area contributed by atoms with E-state index in [1.54, 1.807) is 24.3 Å². The van der Waals surface area contributed by atoms with E-state index in [-0.39, 0.29) is 18.4 Å². The van der Waals surface area contributed by atoms with Crippen molar-refractivity contribution in [2.75, 3.05) is 20.6 Å². The van der Waals surface area contributed by atoms with Crippen LogP contribution < -0.4 is 10.6 Å². The van der Waals surface area contributed by atoms with E-state index in [1.807, 2.05) is 38.4 Å². The van der Waals surface area contributed by atoms with Gasteiger partial charge in [0.15, 0.2) is 0 Å². The number of nitrogens with one attached hydrogen (secondary N) is 2. The summed E-state index contributed by atoms with van der Waals surface area (Å²) in [5, 5.41) is 5.71. The van der Waals surface area contributed by atoms with Gasteiger partial charge < -0.3 is 15.5 Å². The van der Waals surface area contributed by atoms with E-state index in [9.17, 15) is 9.59 Å². The van der Waals surface area contributed by atoms with Crippen molar-refractivity contribution in [3.05, 3.63) is 70.2 Å². The number of amides is 2. The lowest BCUT2D eigenvalue weighted by atomic mass is 10.1. The molecule has 0 bridgehead atoms. The third kappa shape index (κ3) is 6.21. The van der Waals surface area contributed by atoms with Crippen LogP contribution >= 0.6 is 11.6 Å². The fourth-order valence-corrected chi connectivity index (χ4v) is 2.51. The molecule has 25 heavy (non-hydrogen) atoms. The van der Waals surface area contributed by atoms with Gasteiger partial charge in [-0.1, -0.05) is 48.0 Å². The zero-order valence-corrected chi connectivity index (χ0v) is 15.1. The molecule has 0 heterocycles. The molecule has 2 N–H and O–H groups in total. The Hall–Kier alpha value is -2.37. The summed E-state index contributed by atoms with van der Waals surface area (Å²) < 4.78 is 0. The number of rotatable bonds is 7. The van der Waals surface area contributed by atoms with Crippen LogP contribution in [0.3, 0.4) is 0 Å². The molecule has 5 nitrogen and oxygen atoms in total. The Labute approximate surface area is 153 Å². The van der Waals surface area contributed by atoms with Crippen LogP contribution in [0, 0.1) is 0 Å². The lowest BCUT2D eigenvalue weighted by Crippen LogP contribution is -2.36. The number of halogens is 1. The van der Waals surface area contributed by atoms with Crippen molar-refractivity contribution in [1.29, 1.82) is 0 Å². The van der Waals surface area contributed by atoms with E-state index < -0.39 is 0 Å². The highest BCUT2D eigenvalue weighted by molar-refractivity contribution is 6.33. The minimum atomic E-state index is -0.367. The maximum atomic E-state index is 12.0. The maximum Gasteiger partial charge on any atom is 0.253 e. The van der Waals surface area contributed by atoms with Gasteiger partial charge in [0.05, 0.1) is 17.1 Å². The summed E-state index contributed by atoms with van der Waals surface area (Å²) in [5.41, 5.74) is 2.58. The normalized spacial score (nSPS) is 10.6. The summed E-state index contributed by atoms with van der Waals surface area (Å²) in [6.45, 7) is 1.20. The first-order chi connectivity index (χ1) is 12.0. The largest absolute Gasteiger partial charge is 0.350 e.